The van der Waals surface area contributed by atoms with Crippen molar-refractivity contribution in [3.05, 3.63) is 60.2 Å². The Hall–Kier alpha value is -1.56. The van der Waals surface area contributed by atoms with Crippen LogP contribution in [0, 0.1) is 6.92 Å². The van der Waals surface area contributed by atoms with Crippen molar-refractivity contribution in [3.63, 3.8) is 0 Å². The van der Waals surface area contributed by atoms with Gasteiger partial charge in [-0.25, -0.2) is 0 Å². The maximum Gasteiger partial charge on any atom is -0.0184 e. The van der Waals surface area contributed by atoms with Crippen molar-refractivity contribution in [2.45, 2.75) is 6.92 Å². The van der Waals surface area contributed by atoms with Gasteiger partial charge >= 0.3 is 0 Å². The molecule has 1 aromatic rings. The summed E-state index contributed by atoms with van der Waals surface area (Å²) in [7, 11) is 0. The van der Waals surface area contributed by atoms with Crippen LogP contribution in [0.2, 0.25) is 0 Å². The molecule has 0 bridgehead atoms. The van der Waals surface area contributed by atoms with Crippen LogP contribution in [-0.4, -0.2) is 0 Å². The molecule has 0 aliphatic carbocycles. The second-order valence-corrected chi connectivity index (χ2v) is 2.93. The van der Waals surface area contributed by atoms with Crippen LogP contribution in [0.1, 0.15) is 16.7 Å². The summed E-state index contributed by atoms with van der Waals surface area (Å²) in [6.07, 6.45) is 7.60. The van der Waals surface area contributed by atoms with Crippen LogP contribution in [0.5, 0.6) is 0 Å². The normalized spacial score (nSPS) is 10.2. The SMILES string of the molecule is C=C/C=C\c1ccc(C)cc1C=C. The van der Waals surface area contributed by atoms with Gasteiger partial charge in [-0.3, -0.25) is 0 Å². The largest absolute Gasteiger partial charge is 0.0991 e. The highest BCUT2D eigenvalue weighted by atomic mass is 14.0. The molecule has 0 fully saturated rings. The molecule has 0 heteroatoms. The lowest BCUT2D eigenvalue weighted by molar-refractivity contribution is 1.45. The summed E-state index contributed by atoms with van der Waals surface area (Å²) in [6, 6.07) is 6.30. The van der Waals surface area contributed by atoms with Crippen LogP contribution >= 0.6 is 0 Å². The van der Waals surface area contributed by atoms with Crippen LogP contribution < -0.4 is 0 Å². The topological polar surface area (TPSA) is 0 Å². The van der Waals surface area contributed by atoms with Gasteiger partial charge in [0.25, 0.3) is 0 Å². The minimum atomic E-state index is 1.16. The van der Waals surface area contributed by atoms with E-state index in [2.05, 4.69) is 38.3 Å². The second-order valence-electron chi connectivity index (χ2n) is 2.93. The Labute approximate surface area is 79.9 Å². The molecule has 66 valence electrons. The van der Waals surface area contributed by atoms with Crippen LogP contribution in [0.3, 0.4) is 0 Å². The average molecular weight is 170 g/mol. The fourth-order valence-electron chi connectivity index (χ4n) is 1.19. The van der Waals surface area contributed by atoms with Gasteiger partial charge in [0, 0.05) is 0 Å². The standard InChI is InChI=1S/C13H14/c1-4-6-7-13-9-8-11(3)10-12(13)5-2/h4-10H,1-2H2,3H3/b7-6-. The summed E-state index contributed by atoms with van der Waals surface area (Å²) in [5.41, 5.74) is 3.60. The third-order valence-electron chi connectivity index (χ3n) is 1.87. The molecule has 0 atom stereocenters. The molecule has 0 unspecified atom stereocenters. The predicted molar refractivity (Wildman–Crippen MR) is 60.5 cm³/mol. The van der Waals surface area contributed by atoms with E-state index >= 15 is 0 Å². The summed E-state index contributed by atoms with van der Waals surface area (Å²) in [5.74, 6) is 0. The van der Waals surface area contributed by atoms with Crippen molar-refractivity contribution in [1.82, 2.24) is 0 Å². The van der Waals surface area contributed by atoms with Gasteiger partial charge in [0.05, 0.1) is 0 Å². The summed E-state index contributed by atoms with van der Waals surface area (Å²) >= 11 is 0. The zero-order valence-corrected chi connectivity index (χ0v) is 7.96. The number of allylic oxidation sites excluding steroid dienone is 2. The van der Waals surface area contributed by atoms with Crippen LogP contribution in [-0.2, 0) is 0 Å². The first kappa shape index (κ1) is 9.53. The van der Waals surface area contributed by atoms with Crippen molar-refractivity contribution in [3.8, 4) is 0 Å². The highest BCUT2D eigenvalue weighted by molar-refractivity contribution is 5.65. The molecule has 0 nitrogen and oxygen atoms in total. The number of aryl methyl sites for hydroxylation is 1. The average Bonchev–Trinajstić information content (AvgIpc) is 2.16. The maximum absolute atomic E-state index is 3.78. The summed E-state index contributed by atoms with van der Waals surface area (Å²) < 4.78 is 0. The minimum Gasteiger partial charge on any atom is -0.0991 e. The summed E-state index contributed by atoms with van der Waals surface area (Å²) in [4.78, 5) is 0. The zero-order chi connectivity index (χ0) is 9.68. The Morgan fingerprint density at radius 2 is 1.92 bits per heavy atom. The van der Waals surface area contributed by atoms with E-state index in [0.717, 1.165) is 5.56 Å². The van der Waals surface area contributed by atoms with Crippen LogP contribution in [0.15, 0.2) is 43.5 Å². The van der Waals surface area contributed by atoms with Gasteiger partial charge in [0.15, 0.2) is 0 Å². The summed E-state index contributed by atoms with van der Waals surface area (Å²) in [5, 5.41) is 0. The molecule has 0 aliphatic rings. The minimum absolute atomic E-state index is 1.16. The Bertz CT molecular complexity index is 343. The quantitative estimate of drug-likeness (QED) is 0.605. The Balaban J connectivity index is 3.12. The van der Waals surface area contributed by atoms with Crippen molar-refractivity contribution in [2.24, 2.45) is 0 Å². The van der Waals surface area contributed by atoms with Gasteiger partial charge in [-0.05, 0) is 18.1 Å². The van der Waals surface area contributed by atoms with Gasteiger partial charge in [0.1, 0.15) is 0 Å². The molecule has 0 amide bonds. The maximum atomic E-state index is 3.78. The Morgan fingerprint density at radius 1 is 1.15 bits per heavy atom. The van der Waals surface area contributed by atoms with Gasteiger partial charge < -0.3 is 0 Å². The van der Waals surface area contributed by atoms with Gasteiger partial charge in [0.2, 0.25) is 0 Å². The van der Waals surface area contributed by atoms with Crippen molar-refractivity contribution >= 4 is 12.2 Å². The first-order valence-electron chi connectivity index (χ1n) is 4.30. The molecule has 0 saturated carbocycles. The molecule has 0 spiro atoms. The number of rotatable bonds is 3. The molecular formula is C13H14. The lowest BCUT2D eigenvalue weighted by Gasteiger charge is -2.01. The number of benzene rings is 1. The highest BCUT2D eigenvalue weighted by Crippen LogP contribution is 2.14. The van der Waals surface area contributed by atoms with E-state index in [1.54, 1.807) is 6.08 Å². The van der Waals surface area contributed by atoms with E-state index in [9.17, 15) is 0 Å². The molecule has 0 heterocycles. The van der Waals surface area contributed by atoms with Crippen molar-refractivity contribution in [2.75, 3.05) is 0 Å². The molecule has 0 N–H and O–H groups in total. The van der Waals surface area contributed by atoms with Crippen molar-refractivity contribution in [1.29, 1.82) is 0 Å². The molecule has 1 rings (SSSR count). The molecule has 0 radical (unpaired) electrons. The number of hydrogen-bond acceptors (Lipinski definition) is 0. The fraction of sp³-hybridized carbons (Fsp3) is 0.0769. The monoisotopic (exact) mass is 170 g/mol. The van der Waals surface area contributed by atoms with Crippen LogP contribution in [0.4, 0.5) is 0 Å². The predicted octanol–water partition coefficient (Wildman–Crippen LogP) is 3.84. The van der Waals surface area contributed by atoms with Crippen LogP contribution in [0.25, 0.3) is 12.2 Å². The fourth-order valence-corrected chi connectivity index (χ4v) is 1.19. The molecule has 0 aliphatic heterocycles. The second kappa shape index (κ2) is 4.46. The van der Waals surface area contributed by atoms with Gasteiger partial charge in [-0.1, -0.05) is 61.2 Å². The molecule has 0 saturated heterocycles. The van der Waals surface area contributed by atoms with E-state index < -0.39 is 0 Å². The lowest BCUT2D eigenvalue weighted by Crippen LogP contribution is -1.81. The van der Waals surface area contributed by atoms with E-state index in [4.69, 9.17) is 0 Å². The molecule has 13 heavy (non-hydrogen) atoms. The van der Waals surface area contributed by atoms with E-state index in [0.29, 0.717) is 0 Å². The van der Waals surface area contributed by atoms with E-state index in [1.807, 2.05) is 18.2 Å². The highest BCUT2D eigenvalue weighted by Gasteiger charge is 1.94. The molecule has 0 aromatic heterocycles. The first-order valence-corrected chi connectivity index (χ1v) is 4.30. The summed E-state index contributed by atoms with van der Waals surface area (Å²) in [6.45, 7) is 9.49. The van der Waals surface area contributed by atoms with E-state index in [-0.39, 0.29) is 0 Å². The smallest absolute Gasteiger partial charge is 0.0184 e. The van der Waals surface area contributed by atoms with Crippen molar-refractivity contribution < 1.29 is 0 Å². The molecular weight excluding hydrogens is 156 g/mol. The lowest BCUT2D eigenvalue weighted by atomic mass is 10.0. The number of hydrogen-bond donors (Lipinski definition) is 0. The Kier molecular flexibility index (Phi) is 3.27. The first-order chi connectivity index (χ1) is 6.27. The third-order valence-corrected chi connectivity index (χ3v) is 1.87. The molecule has 1 aromatic carbocycles. The van der Waals surface area contributed by atoms with Gasteiger partial charge in [-0.2, -0.15) is 0 Å². The zero-order valence-electron chi connectivity index (χ0n) is 7.96. The van der Waals surface area contributed by atoms with Gasteiger partial charge in [-0.15, -0.1) is 0 Å². The van der Waals surface area contributed by atoms with E-state index in [1.165, 1.54) is 11.1 Å². The third kappa shape index (κ3) is 2.45. The Morgan fingerprint density at radius 3 is 2.54 bits per heavy atom.